The molecule has 2 heterocycles. The van der Waals surface area contributed by atoms with Gasteiger partial charge in [-0.2, -0.15) is 5.10 Å². The Morgan fingerprint density at radius 2 is 1.96 bits per heavy atom. The molecule has 7 nitrogen and oxygen atoms in total. The van der Waals surface area contributed by atoms with Crippen molar-refractivity contribution < 1.29 is 9.34 Å². The number of rotatable bonds is 5. The van der Waals surface area contributed by atoms with E-state index in [-0.39, 0.29) is 5.69 Å². The van der Waals surface area contributed by atoms with Crippen LogP contribution < -0.4 is 5.43 Å². The molecule has 0 bridgehead atoms. The van der Waals surface area contributed by atoms with Crippen molar-refractivity contribution in [3.63, 3.8) is 0 Å². The number of hydrogen-bond acceptors (Lipinski definition) is 6. The molecular weight excluding hydrogens is 367 g/mol. The quantitative estimate of drug-likeness (QED) is 0.384. The van der Waals surface area contributed by atoms with Gasteiger partial charge in [0.05, 0.1) is 21.2 Å². The number of anilines is 1. The van der Waals surface area contributed by atoms with Crippen LogP contribution in [-0.2, 0) is 0 Å². The molecule has 0 fully saturated rings. The second kappa shape index (κ2) is 7.33. The number of aromatic nitrogens is 1. The summed E-state index contributed by atoms with van der Waals surface area (Å²) in [7, 11) is 0. The topological polar surface area (TPSA) is 93.6 Å². The number of nitro benzene ring substituents is 1. The number of nitrogens with zero attached hydrogens (tertiary/aromatic N) is 3. The van der Waals surface area contributed by atoms with Gasteiger partial charge in [0.1, 0.15) is 11.5 Å². The van der Waals surface area contributed by atoms with Crippen LogP contribution in [0.25, 0.3) is 11.3 Å². The van der Waals surface area contributed by atoms with E-state index < -0.39 is 4.92 Å². The van der Waals surface area contributed by atoms with Gasteiger partial charge in [-0.1, -0.05) is 23.2 Å². The number of nitrogens with one attached hydrogen (secondary N) is 1. The van der Waals surface area contributed by atoms with Crippen LogP contribution in [0.15, 0.2) is 58.2 Å². The molecule has 0 aliphatic rings. The van der Waals surface area contributed by atoms with Crippen molar-refractivity contribution in [2.75, 3.05) is 5.43 Å². The highest BCUT2D eigenvalue weighted by atomic mass is 35.5. The normalized spacial score (nSPS) is 11.0. The molecule has 0 aliphatic carbocycles. The second-order valence-electron chi connectivity index (χ2n) is 4.86. The molecule has 25 heavy (non-hydrogen) atoms. The zero-order valence-corrected chi connectivity index (χ0v) is 14.0. The molecule has 1 N–H and O–H groups in total. The predicted molar refractivity (Wildman–Crippen MR) is 96.3 cm³/mol. The lowest BCUT2D eigenvalue weighted by Crippen LogP contribution is -1.93. The Balaban J connectivity index is 1.69. The van der Waals surface area contributed by atoms with Gasteiger partial charge < -0.3 is 4.42 Å². The van der Waals surface area contributed by atoms with Crippen molar-refractivity contribution in [3.8, 4) is 11.3 Å². The average Bonchev–Trinajstić information content (AvgIpc) is 3.06. The van der Waals surface area contributed by atoms with Gasteiger partial charge in [0.15, 0.2) is 5.82 Å². The average molecular weight is 377 g/mol. The molecule has 1 aromatic carbocycles. The van der Waals surface area contributed by atoms with Crippen LogP contribution in [0.1, 0.15) is 5.76 Å². The molecule has 2 aromatic heterocycles. The number of benzene rings is 1. The van der Waals surface area contributed by atoms with Gasteiger partial charge in [0.2, 0.25) is 0 Å². The van der Waals surface area contributed by atoms with E-state index in [2.05, 4.69) is 15.5 Å². The fraction of sp³-hybridized carbons (Fsp3) is 0. The Hall–Kier alpha value is -2.90. The number of non-ortho nitro benzene ring substituents is 1. The van der Waals surface area contributed by atoms with Gasteiger partial charge in [-0.05, 0) is 30.3 Å². The maximum absolute atomic E-state index is 10.7. The third kappa shape index (κ3) is 4.14. The molecule has 0 aliphatic heterocycles. The Morgan fingerprint density at radius 1 is 1.20 bits per heavy atom. The first kappa shape index (κ1) is 16.9. The fourth-order valence-corrected chi connectivity index (χ4v) is 2.40. The third-order valence-corrected chi connectivity index (χ3v) is 3.65. The minimum atomic E-state index is -0.453. The standard InChI is InChI=1S/C16H10Cl2N4O3/c17-11-7-14(18)16(19-8-11)21-20-9-13-5-6-15(25-13)10-1-3-12(4-2-10)22(23)24/h1-9H,(H,19,21)/b20-9+. The zero-order chi connectivity index (χ0) is 17.8. The number of furan rings is 1. The molecule has 0 unspecified atom stereocenters. The van der Waals surface area contributed by atoms with Crippen molar-refractivity contribution in [2.24, 2.45) is 5.10 Å². The van der Waals surface area contributed by atoms with Crippen molar-refractivity contribution in [1.29, 1.82) is 0 Å². The van der Waals surface area contributed by atoms with Crippen LogP contribution in [0.5, 0.6) is 0 Å². The van der Waals surface area contributed by atoms with Crippen LogP contribution >= 0.6 is 23.2 Å². The maximum Gasteiger partial charge on any atom is 0.269 e. The van der Waals surface area contributed by atoms with Crippen molar-refractivity contribution in [1.82, 2.24) is 4.98 Å². The fourth-order valence-electron chi connectivity index (χ4n) is 1.98. The second-order valence-corrected chi connectivity index (χ2v) is 5.70. The van der Waals surface area contributed by atoms with Crippen molar-refractivity contribution in [3.05, 3.63) is 74.6 Å². The van der Waals surface area contributed by atoms with Gasteiger partial charge in [0.25, 0.3) is 5.69 Å². The highest BCUT2D eigenvalue weighted by Crippen LogP contribution is 2.24. The summed E-state index contributed by atoms with van der Waals surface area (Å²) >= 11 is 11.7. The Kier molecular flexibility index (Phi) is 4.97. The summed E-state index contributed by atoms with van der Waals surface area (Å²) in [4.78, 5) is 14.2. The molecule has 0 saturated carbocycles. The molecule has 0 amide bonds. The van der Waals surface area contributed by atoms with E-state index in [1.807, 2.05) is 0 Å². The molecular formula is C16H10Cl2N4O3. The van der Waals surface area contributed by atoms with Crippen molar-refractivity contribution in [2.45, 2.75) is 0 Å². The summed E-state index contributed by atoms with van der Waals surface area (Å²) in [5, 5.41) is 15.4. The van der Waals surface area contributed by atoms with E-state index in [1.54, 1.807) is 30.3 Å². The molecule has 0 atom stereocenters. The summed E-state index contributed by atoms with van der Waals surface area (Å²) in [6.45, 7) is 0. The highest BCUT2D eigenvalue weighted by molar-refractivity contribution is 6.35. The summed E-state index contributed by atoms with van der Waals surface area (Å²) < 4.78 is 5.62. The van der Waals surface area contributed by atoms with E-state index in [0.717, 1.165) is 5.56 Å². The number of hydrogen-bond donors (Lipinski definition) is 1. The lowest BCUT2D eigenvalue weighted by Gasteiger charge is -2.01. The third-order valence-electron chi connectivity index (χ3n) is 3.16. The molecule has 3 rings (SSSR count). The van der Waals surface area contributed by atoms with Crippen LogP contribution in [0.4, 0.5) is 11.5 Å². The van der Waals surface area contributed by atoms with E-state index >= 15 is 0 Å². The van der Waals surface area contributed by atoms with Gasteiger partial charge >= 0.3 is 0 Å². The zero-order valence-electron chi connectivity index (χ0n) is 12.5. The minimum Gasteiger partial charge on any atom is -0.455 e. The molecule has 3 aromatic rings. The summed E-state index contributed by atoms with van der Waals surface area (Å²) in [6.07, 6.45) is 2.91. The molecule has 0 saturated heterocycles. The first-order chi connectivity index (χ1) is 12.0. The predicted octanol–water partition coefficient (Wildman–Crippen LogP) is 5.00. The molecule has 126 valence electrons. The number of nitro groups is 1. The first-order valence-corrected chi connectivity index (χ1v) is 7.73. The summed E-state index contributed by atoms with van der Waals surface area (Å²) in [5.41, 5.74) is 3.44. The van der Waals surface area contributed by atoms with Gasteiger partial charge in [-0.25, -0.2) is 4.98 Å². The van der Waals surface area contributed by atoms with E-state index in [9.17, 15) is 10.1 Å². The monoisotopic (exact) mass is 376 g/mol. The lowest BCUT2D eigenvalue weighted by atomic mass is 10.1. The molecule has 0 radical (unpaired) electrons. The first-order valence-electron chi connectivity index (χ1n) is 6.98. The summed E-state index contributed by atoms with van der Waals surface area (Å²) in [6, 6.07) is 11.1. The Bertz CT molecular complexity index is 939. The van der Waals surface area contributed by atoms with Crippen molar-refractivity contribution >= 4 is 40.9 Å². The lowest BCUT2D eigenvalue weighted by molar-refractivity contribution is -0.384. The SMILES string of the molecule is O=[N+]([O-])c1ccc(-c2ccc(/C=N/Nc3ncc(Cl)cc3Cl)o2)cc1. The van der Waals surface area contributed by atoms with Crippen LogP contribution in [0.2, 0.25) is 10.0 Å². The minimum absolute atomic E-state index is 0.0219. The molecule has 0 spiro atoms. The van der Waals surface area contributed by atoms with Crippen LogP contribution in [0, 0.1) is 10.1 Å². The van der Waals surface area contributed by atoms with E-state index in [0.29, 0.717) is 27.4 Å². The van der Waals surface area contributed by atoms with Crippen LogP contribution in [-0.4, -0.2) is 16.1 Å². The summed E-state index contributed by atoms with van der Waals surface area (Å²) in [5.74, 6) is 1.43. The Morgan fingerprint density at radius 3 is 2.64 bits per heavy atom. The van der Waals surface area contributed by atoms with Gasteiger partial charge in [-0.3, -0.25) is 15.5 Å². The maximum atomic E-state index is 10.7. The van der Waals surface area contributed by atoms with Crippen LogP contribution in [0.3, 0.4) is 0 Å². The van der Waals surface area contributed by atoms with Gasteiger partial charge in [0, 0.05) is 23.9 Å². The highest BCUT2D eigenvalue weighted by Gasteiger charge is 2.08. The van der Waals surface area contributed by atoms with E-state index in [4.69, 9.17) is 27.6 Å². The number of hydrazone groups is 1. The smallest absolute Gasteiger partial charge is 0.269 e. The van der Waals surface area contributed by atoms with Gasteiger partial charge in [-0.15, -0.1) is 0 Å². The largest absolute Gasteiger partial charge is 0.455 e. The number of halogens is 2. The number of pyridine rings is 1. The molecule has 9 heteroatoms. The van der Waals surface area contributed by atoms with E-state index in [1.165, 1.54) is 24.5 Å². The Labute approximate surface area is 152 Å².